The van der Waals surface area contributed by atoms with Crippen molar-refractivity contribution >= 4 is 16.5 Å². The highest BCUT2D eigenvalue weighted by Crippen LogP contribution is 2.22. The van der Waals surface area contributed by atoms with E-state index in [1.165, 1.54) is 16.5 Å². The SMILES string of the molecule is C/C=C/CNc1cccc2ccccc12. The minimum Gasteiger partial charge on any atom is -0.381 e. The summed E-state index contributed by atoms with van der Waals surface area (Å²) in [5.74, 6) is 0. The molecule has 1 N–H and O–H groups in total. The number of fused-ring (bicyclic) bond motifs is 1. The molecule has 1 heteroatoms. The van der Waals surface area contributed by atoms with Crippen LogP contribution in [0, 0.1) is 0 Å². The fraction of sp³-hybridized carbons (Fsp3) is 0.143. The van der Waals surface area contributed by atoms with Crippen LogP contribution < -0.4 is 5.32 Å². The van der Waals surface area contributed by atoms with Gasteiger partial charge in [-0.25, -0.2) is 0 Å². The molecular weight excluding hydrogens is 182 g/mol. The van der Waals surface area contributed by atoms with E-state index in [2.05, 4.69) is 59.9 Å². The van der Waals surface area contributed by atoms with Crippen LogP contribution in [0.5, 0.6) is 0 Å². The van der Waals surface area contributed by atoms with Gasteiger partial charge in [-0.2, -0.15) is 0 Å². The molecule has 2 rings (SSSR count). The van der Waals surface area contributed by atoms with E-state index in [9.17, 15) is 0 Å². The largest absolute Gasteiger partial charge is 0.381 e. The average Bonchev–Trinajstić information content (AvgIpc) is 2.30. The molecule has 0 aromatic heterocycles. The maximum Gasteiger partial charge on any atom is 0.0422 e. The molecule has 0 heterocycles. The van der Waals surface area contributed by atoms with Crippen molar-refractivity contribution in [3.8, 4) is 0 Å². The molecule has 0 saturated carbocycles. The molecule has 0 atom stereocenters. The molecular formula is C14H15N. The van der Waals surface area contributed by atoms with Crippen molar-refractivity contribution in [3.05, 3.63) is 54.6 Å². The van der Waals surface area contributed by atoms with Crippen LogP contribution in [-0.2, 0) is 0 Å². The highest BCUT2D eigenvalue weighted by atomic mass is 14.9. The van der Waals surface area contributed by atoms with Crippen LogP contribution in [0.1, 0.15) is 6.92 Å². The lowest BCUT2D eigenvalue weighted by Gasteiger charge is -2.07. The minimum atomic E-state index is 0.879. The van der Waals surface area contributed by atoms with E-state index in [1.54, 1.807) is 0 Å². The van der Waals surface area contributed by atoms with Crippen LogP contribution in [0.25, 0.3) is 10.8 Å². The van der Waals surface area contributed by atoms with Gasteiger partial charge in [0.1, 0.15) is 0 Å². The number of rotatable bonds is 3. The molecule has 0 aliphatic rings. The summed E-state index contributed by atoms with van der Waals surface area (Å²) >= 11 is 0. The summed E-state index contributed by atoms with van der Waals surface area (Å²) in [5, 5.41) is 5.96. The van der Waals surface area contributed by atoms with Crippen LogP contribution in [-0.4, -0.2) is 6.54 Å². The Hall–Kier alpha value is -1.76. The smallest absolute Gasteiger partial charge is 0.0422 e. The van der Waals surface area contributed by atoms with Crippen molar-refractivity contribution < 1.29 is 0 Å². The first-order chi connectivity index (χ1) is 7.42. The predicted octanol–water partition coefficient (Wildman–Crippen LogP) is 3.83. The Morgan fingerprint density at radius 1 is 1.07 bits per heavy atom. The van der Waals surface area contributed by atoms with Crippen LogP contribution >= 0.6 is 0 Å². The van der Waals surface area contributed by atoms with Gasteiger partial charge in [-0.3, -0.25) is 0 Å². The Labute approximate surface area is 90.4 Å². The highest BCUT2D eigenvalue weighted by Gasteiger charge is 1.97. The van der Waals surface area contributed by atoms with Gasteiger partial charge >= 0.3 is 0 Å². The lowest BCUT2D eigenvalue weighted by Crippen LogP contribution is -1.98. The summed E-state index contributed by atoms with van der Waals surface area (Å²) < 4.78 is 0. The molecule has 0 fully saturated rings. The molecule has 0 saturated heterocycles. The number of allylic oxidation sites excluding steroid dienone is 1. The molecule has 15 heavy (non-hydrogen) atoms. The topological polar surface area (TPSA) is 12.0 Å². The van der Waals surface area contributed by atoms with Crippen LogP contribution in [0.2, 0.25) is 0 Å². The average molecular weight is 197 g/mol. The number of hydrogen-bond acceptors (Lipinski definition) is 1. The van der Waals surface area contributed by atoms with Gasteiger partial charge in [0, 0.05) is 17.6 Å². The summed E-state index contributed by atoms with van der Waals surface area (Å²) in [6, 6.07) is 14.8. The van der Waals surface area contributed by atoms with Gasteiger partial charge < -0.3 is 5.32 Å². The lowest BCUT2D eigenvalue weighted by molar-refractivity contribution is 1.34. The number of benzene rings is 2. The Bertz CT molecular complexity index is 466. The summed E-state index contributed by atoms with van der Waals surface area (Å²) in [6.45, 7) is 2.91. The first-order valence-corrected chi connectivity index (χ1v) is 5.24. The minimum absolute atomic E-state index is 0.879. The highest BCUT2D eigenvalue weighted by molar-refractivity contribution is 5.93. The lowest BCUT2D eigenvalue weighted by atomic mass is 10.1. The van der Waals surface area contributed by atoms with E-state index < -0.39 is 0 Å². The monoisotopic (exact) mass is 197 g/mol. The molecule has 0 bridgehead atoms. The van der Waals surface area contributed by atoms with Gasteiger partial charge in [0.05, 0.1) is 0 Å². The van der Waals surface area contributed by atoms with E-state index in [-0.39, 0.29) is 0 Å². The standard InChI is InChI=1S/C14H15N/c1-2-3-11-15-14-10-6-8-12-7-4-5-9-13(12)14/h2-10,15H,11H2,1H3/b3-2+. The maximum absolute atomic E-state index is 3.40. The Morgan fingerprint density at radius 3 is 2.73 bits per heavy atom. The summed E-state index contributed by atoms with van der Waals surface area (Å²) in [5.41, 5.74) is 1.20. The summed E-state index contributed by atoms with van der Waals surface area (Å²) in [4.78, 5) is 0. The number of anilines is 1. The first-order valence-electron chi connectivity index (χ1n) is 5.24. The van der Waals surface area contributed by atoms with Gasteiger partial charge in [0.2, 0.25) is 0 Å². The number of hydrogen-bond donors (Lipinski definition) is 1. The Kier molecular flexibility index (Phi) is 3.03. The van der Waals surface area contributed by atoms with Gasteiger partial charge in [-0.1, -0.05) is 48.6 Å². The van der Waals surface area contributed by atoms with Gasteiger partial charge in [0.15, 0.2) is 0 Å². The fourth-order valence-electron chi connectivity index (χ4n) is 1.67. The van der Waals surface area contributed by atoms with Gasteiger partial charge in [-0.05, 0) is 18.4 Å². The first kappa shape index (κ1) is 9.78. The Morgan fingerprint density at radius 2 is 1.87 bits per heavy atom. The molecule has 0 aliphatic carbocycles. The molecule has 0 unspecified atom stereocenters. The molecule has 2 aromatic carbocycles. The van der Waals surface area contributed by atoms with Crippen molar-refractivity contribution in [2.45, 2.75) is 6.92 Å². The molecule has 0 amide bonds. The van der Waals surface area contributed by atoms with Crippen molar-refractivity contribution in [2.24, 2.45) is 0 Å². The third kappa shape index (κ3) is 2.18. The second-order valence-electron chi connectivity index (χ2n) is 3.48. The third-order valence-electron chi connectivity index (χ3n) is 2.44. The van der Waals surface area contributed by atoms with Gasteiger partial charge in [-0.15, -0.1) is 0 Å². The van der Waals surface area contributed by atoms with Crippen LogP contribution in [0.4, 0.5) is 5.69 Å². The molecule has 76 valence electrons. The van der Waals surface area contributed by atoms with Gasteiger partial charge in [0.25, 0.3) is 0 Å². The third-order valence-corrected chi connectivity index (χ3v) is 2.44. The molecule has 0 radical (unpaired) electrons. The second-order valence-corrected chi connectivity index (χ2v) is 3.48. The van der Waals surface area contributed by atoms with Crippen LogP contribution in [0.3, 0.4) is 0 Å². The number of nitrogens with one attached hydrogen (secondary N) is 1. The van der Waals surface area contributed by atoms with E-state index in [0.717, 1.165) is 6.54 Å². The van der Waals surface area contributed by atoms with Crippen molar-refractivity contribution in [2.75, 3.05) is 11.9 Å². The van der Waals surface area contributed by atoms with Crippen molar-refractivity contribution in [3.63, 3.8) is 0 Å². The van der Waals surface area contributed by atoms with Crippen molar-refractivity contribution in [1.82, 2.24) is 0 Å². The zero-order chi connectivity index (χ0) is 10.5. The zero-order valence-electron chi connectivity index (χ0n) is 8.90. The zero-order valence-corrected chi connectivity index (χ0v) is 8.90. The maximum atomic E-state index is 3.40. The molecule has 1 nitrogen and oxygen atoms in total. The van der Waals surface area contributed by atoms with E-state index in [4.69, 9.17) is 0 Å². The molecule has 0 spiro atoms. The quantitative estimate of drug-likeness (QED) is 0.737. The Balaban J connectivity index is 2.34. The molecule has 2 aromatic rings. The summed E-state index contributed by atoms with van der Waals surface area (Å²) in [7, 11) is 0. The molecule has 0 aliphatic heterocycles. The van der Waals surface area contributed by atoms with E-state index in [0.29, 0.717) is 0 Å². The summed E-state index contributed by atoms with van der Waals surface area (Å²) in [6.07, 6.45) is 4.17. The van der Waals surface area contributed by atoms with E-state index >= 15 is 0 Å². The van der Waals surface area contributed by atoms with Crippen molar-refractivity contribution in [1.29, 1.82) is 0 Å². The predicted molar refractivity (Wildman–Crippen MR) is 67.3 cm³/mol. The fourth-order valence-corrected chi connectivity index (χ4v) is 1.67. The second kappa shape index (κ2) is 4.65. The van der Waals surface area contributed by atoms with E-state index in [1.807, 2.05) is 6.92 Å². The van der Waals surface area contributed by atoms with Crippen LogP contribution in [0.15, 0.2) is 54.6 Å². The normalized spacial score (nSPS) is 11.0.